The summed E-state index contributed by atoms with van der Waals surface area (Å²) in [5.41, 5.74) is 4.23. The zero-order chi connectivity index (χ0) is 10.1. The maximum atomic E-state index is 4.39. The van der Waals surface area contributed by atoms with Crippen LogP contribution in [0.4, 0.5) is 0 Å². The van der Waals surface area contributed by atoms with Crippen LogP contribution in [0, 0.1) is 13.8 Å². The van der Waals surface area contributed by atoms with Gasteiger partial charge in [-0.15, -0.1) is 0 Å². The molecule has 0 aromatic carbocycles. The number of aromatic nitrogens is 3. The lowest BCUT2D eigenvalue weighted by Gasteiger charge is -1.95. The van der Waals surface area contributed by atoms with Gasteiger partial charge in [0.2, 0.25) is 0 Å². The second-order valence-electron chi connectivity index (χ2n) is 3.48. The first-order chi connectivity index (χ1) is 6.66. The van der Waals surface area contributed by atoms with Gasteiger partial charge in [0.1, 0.15) is 0 Å². The summed E-state index contributed by atoms with van der Waals surface area (Å²) < 4.78 is 1.87. The van der Waals surface area contributed by atoms with Gasteiger partial charge in [0, 0.05) is 30.2 Å². The van der Waals surface area contributed by atoms with Crippen molar-refractivity contribution < 1.29 is 0 Å². The Balaban J connectivity index is 2.44. The smallest absolute Gasteiger partial charge is 0.0941 e. The molecule has 72 valence electrons. The SMILES string of the molecule is Cc1ccc(-c2cc(C)n(C)n2)cn1. The third-order valence-corrected chi connectivity index (χ3v) is 2.32. The molecule has 2 aromatic rings. The molecule has 3 nitrogen and oxygen atoms in total. The van der Waals surface area contributed by atoms with Crippen molar-refractivity contribution in [3.05, 3.63) is 35.8 Å². The van der Waals surface area contributed by atoms with Crippen LogP contribution in [0.15, 0.2) is 24.4 Å². The summed E-state index contributed by atoms with van der Waals surface area (Å²) in [5, 5.41) is 4.39. The molecule has 0 saturated heterocycles. The highest BCUT2D eigenvalue weighted by Crippen LogP contribution is 2.17. The number of hydrogen-bond donors (Lipinski definition) is 0. The van der Waals surface area contributed by atoms with Crippen LogP contribution < -0.4 is 0 Å². The van der Waals surface area contributed by atoms with E-state index in [0.717, 1.165) is 22.6 Å². The molecule has 0 spiro atoms. The van der Waals surface area contributed by atoms with E-state index in [2.05, 4.69) is 16.1 Å². The lowest BCUT2D eigenvalue weighted by molar-refractivity contribution is 0.742. The molecular weight excluding hydrogens is 174 g/mol. The molecule has 0 aliphatic heterocycles. The van der Waals surface area contributed by atoms with Crippen molar-refractivity contribution in [2.24, 2.45) is 7.05 Å². The molecule has 0 amide bonds. The third kappa shape index (κ3) is 1.53. The summed E-state index contributed by atoms with van der Waals surface area (Å²) >= 11 is 0. The van der Waals surface area contributed by atoms with Gasteiger partial charge in [-0.1, -0.05) is 0 Å². The van der Waals surface area contributed by atoms with Gasteiger partial charge >= 0.3 is 0 Å². The van der Waals surface area contributed by atoms with E-state index in [9.17, 15) is 0 Å². The van der Waals surface area contributed by atoms with Gasteiger partial charge in [-0.25, -0.2) is 0 Å². The van der Waals surface area contributed by atoms with Gasteiger partial charge in [0.05, 0.1) is 5.69 Å². The average molecular weight is 187 g/mol. The third-order valence-electron chi connectivity index (χ3n) is 2.32. The summed E-state index contributed by atoms with van der Waals surface area (Å²) in [6.07, 6.45) is 1.86. The van der Waals surface area contributed by atoms with E-state index >= 15 is 0 Å². The predicted octanol–water partition coefficient (Wildman–Crippen LogP) is 2.10. The first-order valence-electron chi connectivity index (χ1n) is 4.60. The van der Waals surface area contributed by atoms with E-state index in [0.29, 0.717) is 0 Å². The lowest BCUT2D eigenvalue weighted by Crippen LogP contribution is -1.92. The van der Waals surface area contributed by atoms with Crippen LogP contribution in [0.5, 0.6) is 0 Å². The highest BCUT2D eigenvalue weighted by molar-refractivity contribution is 5.58. The van der Waals surface area contributed by atoms with Crippen molar-refractivity contribution in [1.82, 2.24) is 14.8 Å². The molecular formula is C11H13N3. The second-order valence-corrected chi connectivity index (χ2v) is 3.48. The zero-order valence-electron chi connectivity index (χ0n) is 8.65. The van der Waals surface area contributed by atoms with Crippen molar-refractivity contribution in [1.29, 1.82) is 0 Å². The zero-order valence-corrected chi connectivity index (χ0v) is 8.65. The van der Waals surface area contributed by atoms with Gasteiger partial charge < -0.3 is 0 Å². The average Bonchev–Trinajstić information content (AvgIpc) is 2.48. The molecule has 3 heteroatoms. The monoisotopic (exact) mass is 187 g/mol. The van der Waals surface area contributed by atoms with Crippen LogP contribution >= 0.6 is 0 Å². The Morgan fingerprint density at radius 1 is 1.21 bits per heavy atom. The Hall–Kier alpha value is -1.64. The Labute approximate surface area is 83.4 Å². The minimum atomic E-state index is 0.984. The molecule has 0 N–H and O–H groups in total. The molecule has 2 rings (SSSR count). The number of hydrogen-bond acceptors (Lipinski definition) is 2. The molecule has 0 aliphatic carbocycles. The molecule has 2 heterocycles. The van der Waals surface area contributed by atoms with E-state index in [1.54, 1.807) is 0 Å². The molecule has 0 radical (unpaired) electrons. The Morgan fingerprint density at radius 3 is 2.50 bits per heavy atom. The summed E-state index contributed by atoms with van der Waals surface area (Å²) in [6, 6.07) is 6.11. The van der Waals surface area contributed by atoms with E-state index < -0.39 is 0 Å². The highest BCUT2D eigenvalue weighted by atomic mass is 15.3. The van der Waals surface area contributed by atoms with Crippen LogP contribution in [0.3, 0.4) is 0 Å². The van der Waals surface area contributed by atoms with Gasteiger partial charge in [0.15, 0.2) is 0 Å². The predicted molar refractivity (Wildman–Crippen MR) is 55.9 cm³/mol. The van der Waals surface area contributed by atoms with E-state index in [-0.39, 0.29) is 0 Å². The standard InChI is InChI=1S/C11H13N3/c1-8-4-5-10(7-12-8)11-6-9(2)14(3)13-11/h4-7H,1-3H3. The summed E-state index contributed by atoms with van der Waals surface area (Å²) in [6.45, 7) is 4.02. The van der Waals surface area contributed by atoms with Gasteiger partial charge in [0.25, 0.3) is 0 Å². The van der Waals surface area contributed by atoms with Gasteiger partial charge in [-0.3, -0.25) is 9.67 Å². The minimum Gasteiger partial charge on any atom is -0.272 e. The van der Waals surface area contributed by atoms with Gasteiger partial charge in [-0.2, -0.15) is 5.10 Å². The first kappa shape index (κ1) is 8.94. The van der Waals surface area contributed by atoms with Crippen LogP contribution in [0.25, 0.3) is 11.3 Å². The maximum Gasteiger partial charge on any atom is 0.0941 e. The highest BCUT2D eigenvalue weighted by Gasteiger charge is 2.03. The molecule has 0 saturated carbocycles. The van der Waals surface area contributed by atoms with Crippen molar-refractivity contribution in [3.63, 3.8) is 0 Å². The van der Waals surface area contributed by atoms with Gasteiger partial charge in [-0.05, 0) is 32.0 Å². The van der Waals surface area contributed by atoms with Crippen LogP contribution in [-0.4, -0.2) is 14.8 Å². The van der Waals surface area contributed by atoms with E-state index in [4.69, 9.17) is 0 Å². The fourth-order valence-electron chi connectivity index (χ4n) is 1.32. The lowest BCUT2D eigenvalue weighted by atomic mass is 10.2. The Morgan fingerprint density at radius 2 is 2.00 bits per heavy atom. The number of rotatable bonds is 1. The second kappa shape index (κ2) is 3.25. The van der Waals surface area contributed by atoms with Crippen molar-refractivity contribution in [2.75, 3.05) is 0 Å². The maximum absolute atomic E-state index is 4.39. The minimum absolute atomic E-state index is 0.984. The van der Waals surface area contributed by atoms with Crippen molar-refractivity contribution in [2.45, 2.75) is 13.8 Å². The Bertz CT molecular complexity index is 421. The Kier molecular flexibility index (Phi) is 2.08. The summed E-state index contributed by atoms with van der Waals surface area (Å²) in [5.74, 6) is 0. The van der Waals surface area contributed by atoms with Crippen LogP contribution in [-0.2, 0) is 7.05 Å². The molecule has 0 aliphatic rings. The largest absolute Gasteiger partial charge is 0.272 e. The molecule has 14 heavy (non-hydrogen) atoms. The molecule has 2 aromatic heterocycles. The normalized spacial score (nSPS) is 10.5. The van der Waals surface area contributed by atoms with Crippen LogP contribution in [0.1, 0.15) is 11.4 Å². The quantitative estimate of drug-likeness (QED) is 0.684. The fraction of sp³-hybridized carbons (Fsp3) is 0.273. The molecule has 0 fully saturated rings. The topological polar surface area (TPSA) is 30.7 Å². The summed E-state index contributed by atoms with van der Waals surface area (Å²) in [7, 11) is 1.94. The molecule has 0 unspecified atom stereocenters. The first-order valence-corrected chi connectivity index (χ1v) is 4.60. The van der Waals surface area contributed by atoms with E-state index in [1.165, 1.54) is 0 Å². The van der Waals surface area contributed by atoms with Crippen LogP contribution in [0.2, 0.25) is 0 Å². The van der Waals surface area contributed by atoms with E-state index in [1.807, 2.05) is 43.9 Å². The molecule has 0 bridgehead atoms. The number of nitrogens with zero attached hydrogens (tertiary/aromatic N) is 3. The van der Waals surface area contributed by atoms with Crippen molar-refractivity contribution >= 4 is 0 Å². The number of pyridine rings is 1. The molecule has 0 atom stereocenters. The van der Waals surface area contributed by atoms with Crippen molar-refractivity contribution in [3.8, 4) is 11.3 Å². The number of aryl methyl sites for hydroxylation is 3. The summed E-state index contributed by atoms with van der Waals surface area (Å²) in [4.78, 5) is 4.25. The fourth-order valence-corrected chi connectivity index (χ4v) is 1.32.